The Morgan fingerprint density at radius 2 is 1.66 bits per heavy atom. The molecule has 1 aromatic heterocycles. The molecule has 12 heteroatoms. The van der Waals surface area contributed by atoms with Gasteiger partial charge in [-0.25, -0.2) is 14.6 Å². The average molecular weight is 489 g/mol. The monoisotopic (exact) mass is 489 g/mol. The molecule has 1 unspecified atom stereocenters. The maximum Gasteiger partial charge on any atom is 0.419 e. The predicted molar refractivity (Wildman–Crippen MR) is 113 cm³/mol. The lowest BCUT2D eigenvalue weighted by Crippen LogP contribution is -2.50. The molecule has 0 fully saturated rings. The first-order valence-corrected chi connectivity index (χ1v) is 10.3. The third kappa shape index (κ3) is 4.95. The Bertz CT molecular complexity index is 1230. The van der Waals surface area contributed by atoms with E-state index >= 15 is 0 Å². The number of nitrogens with zero attached hydrogens (tertiary/aromatic N) is 1. The van der Waals surface area contributed by atoms with E-state index in [1.54, 1.807) is 0 Å². The highest BCUT2D eigenvalue weighted by Gasteiger charge is 2.46. The van der Waals surface area contributed by atoms with Gasteiger partial charge >= 0.3 is 18.2 Å². The van der Waals surface area contributed by atoms with Crippen LogP contribution < -0.4 is 10.6 Å². The van der Waals surface area contributed by atoms with Gasteiger partial charge in [0.2, 0.25) is 6.04 Å². The molecule has 35 heavy (non-hydrogen) atoms. The molecule has 0 saturated heterocycles. The van der Waals surface area contributed by atoms with Crippen molar-refractivity contribution < 1.29 is 41.8 Å². The summed E-state index contributed by atoms with van der Waals surface area (Å²) in [4.78, 5) is 38.8. The molecule has 3 aromatic rings. The van der Waals surface area contributed by atoms with E-state index in [4.69, 9.17) is 14.3 Å². The number of carbonyl (C=O) groups is 3. The fourth-order valence-corrected chi connectivity index (χ4v) is 3.87. The number of alkyl halides is 3. The van der Waals surface area contributed by atoms with Gasteiger partial charge in [0, 0.05) is 5.92 Å². The van der Waals surface area contributed by atoms with Gasteiger partial charge in [-0.3, -0.25) is 4.79 Å². The van der Waals surface area contributed by atoms with Crippen molar-refractivity contribution in [3.63, 3.8) is 0 Å². The molecule has 0 bridgehead atoms. The van der Waals surface area contributed by atoms with Crippen LogP contribution in [0.2, 0.25) is 0 Å². The maximum atomic E-state index is 12.8. The van der Waals surface area contributed by atoms with Crippen LogP contribution in [-0.4, -0.2) is 46.9 Å². The van der Waals surface area contributed by atoms with Crippen molar-refractivity contribution in [2.45, 2.75) is 24.7 Å². The van der Waals surface area contributed by atoms with Crippen LogP contribution in [0.3, 0.4) is 0 Å². The largest absolute Gasteiger partial charge is 0.479 e. The van der Waals surface area contributed by atoms with Crippen LogP contribution in [0.4, 0.5) is 18.0 Å². The van der Waals surface area contributed by atoms with Gasteiger partial charge in [-0.15, -0.1) is 0 Å². The molecule has 1 aliphatic rings. The van der Waals surface area contributed by atoms with E-state index in [1.807, 2.05) is 48.5 Å². The first-order valence-electron chi connectivity index (χ1n) is 10.3. The zero-order chi connectivity index (χ0) is 25.2. The number of rotatable bonds is 7. The number of aromatic nitrogens is 1. The van der Waals surface area contributed by atoms with Gasteiger partial charge in [-0.1, -0.05) is 48.5 Å². The number of fused-ring (bicyclic) bond motifs is 3. The van der Waals surface area contributed by atoms with E-state index < -0.39 is 42.4 Å². The molecule has 1 atom stereocenters. The molecular formula is C23H18F3N3O6. The molecule has 1 aliphatic carbocycles. The maximum absolute atomic E-state index is 12.8. The normalized spacial score (nSPS) is 13.5. The number of benzene rings is 2. The number of aliphatic carboxylic acids is 1. The Morgan fingerprint density at radius 1 is 1.06 bits per heavy atom. The number of oxazole rings is 1. The van der Waals surface area contributed by atoms with E-state index in [-0.39, 0.29) is 18.3 Å². The molecule has 2 aromatic carbocycles. The van der Waals surface area contributed by atoms with Crippen LogP contribution in [0.15, 0.2) is 59.3 Å². The second-order valence-corrected chi connectivity index (χ2v) is 7.59. The van der Waals surface area contributed by atoms with Crippen molar-refractivity contribution >= 4 is 18.0 Å². The molecule has 0 saturated carbocycles. The smallest absolute Gasteiger partial charge is 0.419 e. The Hall–Kier alpha value is -4.35. The van der Waals surface area contributed by atoms with Crippen LogP contribution >= 0.6 is 0 Å². The van der Waals surface area contributed by atoms with Crippen LogP contribution in [0.25, 0.3) is 11.1 Å². The summed E-state index contributed by atoms with van der Waals surface area (Å²) in [6.45, 7) is -0.404. The summed E-state index contributed by atoms with van der Waals surface area (Å²) in [5.74, 6) is -4.17. The van der Waals surface area contributed by atoms with E-state index in [1.165, 1.54) is 5.32 Å². The number of amides is 2. The number of ether oxygens (including phenoxy) is 1. The van der Waals surface area contributed by atoms with Gasteiger partial charge in [0.15, 0.2) is 17.8 Å². The third-order valence-electron chi connectivity index (χ3n) is 5.44. The van der Waals surface area contributed by atoms with E-state index in [2.05, 4.69) is 10.3 Å². The summed E-state index contributed by atoms with van der Waals surface area (Å²) in [6, 6.07) is 12.4. The summed E-state index contributed by atoms with van der Waals surface area (Å²) in [5, 5.41) is 12.4. The minimum Gasteiger partial charge on any atom is -0.479 e. The standard InChI is InChI=1S/C23H18F3N3O6/c24-23(25,26)19(21(31)32)29-20(30)18-17(35-11-28-18)9-27-22(33)34-10-16-14-7-3-1-5-12(14)13-6-2-4-8-15(13)16/h1-8,11,16,19H,9-10H2,(H,27,33)(H,29,30)(H,31,32). The number of carboxylic acids is 1. The number of hydrogen-bond donors (Lipinski definition) is 3. The van der Waals surface area contributed by atoms with Gasteiger partial charge in [0.25, 0.3) is 5.91 Å². The van der Waals surface area contributed by atoms with Crippen LogP contribution in [0.1, 0.15) is 33.3 Å². The van der Waals surface area contributed by atoms with E-state index in [0.717, 1.165) is 28.6 Å². The summed E-state index contributed by atoms with van der Waals surface area (Å²) in [6.07, 6.45) is -5.29. The second-order valence-electron chi connectivity index (χ2n) is 7.59. The average Bonchev–Trinajstić information content (AvgIpc) is 3.41. The number of nitrogens with one attached hydrogen (secondary N) is 2. The fraction of sp³-hybridized carbons (Fsp3) is 0.217. The number of alkyl carbamates (subject to hydrolysis) is 1. The van der Waals surface area contributed by atoms with E-state index in [0.29, 0.717) is 0 Å². The zero-order valence-electron chi connectivity index (χ0n) is 17.8. The van der Waals surface area contributed by atoms with Gasteiger partial charge in [-0.05, 0) is 22.3 Å². The minimum absolute atomic E-state index is 0.0233. The molecule has 182 valence electrons. The second kappa shape index (κ2) is 9.49. The topological polar surface area (TPSA) is 131 Å². The van der Waals surface area contributed by atoms with Crippen LogP contribution in [0.5, 0.6) is 0 Å². The fourth-order valence-electron chi connectivity index (χ4n) is 3.87. The first-order chi connectivity index (χ1) is 16.7. The van der Waals surface area contributed by atoms with Crippen molar-refractivity contribution in [3.8, 4) is 11.1 Å². The van der Waals surface area contributed by atoms with Gasteiger partial charge in [0.05, 0.1) is 6.54 Å². The van der Waals surface area contributed by atoms with Crippen LogP contribution in [0, 0.1) is 0 Å². The molecular weight excluding hydrogens is 471 g/mol. The molecule has 0 aliphatic heterocycles. The molecule has 0 spiro atoms. The Morgan fingerprint density at radius 3 is 2.23 bits per heavy atom. The number of carbonyl (C=O) groups excluding carboxylic acids is 2. The molecule has 2 amide bonds. The van der Waals surface area contributed by atoms with Crippen molar-refractivity contribution in [2.75, 3.05) is 6.61 Å². The quantitative estimate of drug-likeness (QED) is 0.463. The van der Waals surface area contributed by atoms with E-state index in [9.17, 15) is 27.6 Å². The highest BCUT2D eigenvalue weighted by Crippen LogP contribution is 2.44. The van der Waals surface area contributed by atoms with Crippen molar-refractivity contribution in [2.24, 2.45) is 0 Å². The number of hydrogen-bond acceptors (Lipinski definition) is 6. The Balaban J connectivity index is 1.37. The lowest BCUT2D eigenvalue weighted by molar-refractivity contribution is -0.178. The highest BCUT2D eigenvalue weighted by molar-refractivity contribution is 5.96. The molecule has 0 radical (unpaired) electrons. The predicted octanol–water partition coefficient (Wildman–Crippen LogP) is 3.46. The SMILES string of the molecule is O=C(NCc1ocnc1C(=O)NC(C(=O)O)C(F)(F)F)OCC1c2ccccc2-c2ccccc21. The summed E-state index contributed by atoms with van der Waals surface area (Å²) in [5.41, 5.74) is 3.52. The lowest BCUT2D eigenvalue weighted by atomic mass is 9.98. The number of carboxylic acid groups (broad SMARTS) is 1. The minimum atomic E-state index is -5.22. The lowest BCUT2D eigenvalue weighted by Gasteiger charge is -2.17. The first kappa shape index (κ1) is 23.8. The van der Waals surface area contributed by atoms with Crippen LogP contribution in [-0.2, 0) is 16.1 Å². The summed E-state index contributed by atoms with van der Waals surface area (Å²) >= 11 is 0. The zero-order valence-corrected chi connectivity index (χ0v) is 17.8. The molecule has 3 N–H and O–H groups in total. The molecule has 4 rings (SSSR count). The van der Waals surface area contributed by atoms with Gasteiger partial charge in [-0.2, -0.15) is 13.2 Å². The number of halogens is 3. The Labute approximate surface area is 195 Å². The Kier molecular flexibility index (Phi) is 6.45. The highest BCUT2D eigenvalue weighted by atomic mass is 19.4. The van der Waals surface area contributed by atoms with Gasteiger partial charge < -0.3 is 24.9 Å². The summed E-state index contributed by atoms with van der Waals surface area (Å²) in [7, 11) is 0. The van der Waals surface area contributed by atoms with Crippen molar-refractivity contribution in [1.29, 1.82) is 0 Å². The third-order valence-corrected chi connectivity index (χ3v) is 5.44. The van der Waals surface area contributed by atoms with Gasteiger partial charge in [0.1, 0.15) is 6.61 Å². The molecule has 9 nitrogen and oxygen atoms in total. The van der Waals surface area contributed by atoms with Crippen molar-refractivity contribution in [1.82, 2.24) is 15.6 Å². The summed E-state index contributed by atoms with van der Waals surface area (Å²) < 4.78 is 48.7. The van der Waals surface area contributed by atoms with Crippen molar-refractivity contribution in [3.05, 3.63) is 77.5 Å². The molecule has 1 heterocycles.